The summed E-state index contributed by atoms with van der Waals surface area (Å²) in [6, 6.07) is 0.877. The van der Waals surface area contributed by atoms with Crippen molar-refractivity contribution in [2.75, 3.05) is 26.2 Å². The molecular weight excluding hydrogens is 263 g/mol. The highest BCUT2D eigenvalue weighted by molar-refractivity contribution is 14.1. The van der Waals surface area contributed by atoms with E-state index >= 15 is 0 Å². The van der Waals surface area contributed by atoms with Crippen LogP contribution in [0.1, 0.15) is 25.7 Å². The van der Waals surface area contributed by atoms with Gasteiger partial charge in [-0.25, -0.2) is 3.11 Å². The summed E-state index contributed by atoms with van der Waals surface area (Å²) in [5.41, 5.74) is 0. The van der Waals surface area contributed by atoms with Gasteiger partial charge >= 0.3 is 0 Å². The predicted molar refractivity (Wildman–Crippen MR) is 59.4 cm³/mol. The van der Waals surface area contributed by atoms with Gasteiger partial charge < -0.3 is 0 Å². The molecule has 0 bridgehead atoms. The first kappa shape index (κ1) is 9.21. The van der Waals surface area contributed by atoms with Gasteiger partial charge in [-0.15, -0.1) is 0 Å². The molecule has 0 aromatic carbocycles. The maximum Gasteiger partial charge on any atom is 0.0243 e. The van der Waals surface area contributed by atoms with Crippen LogP contribution < -0.4 is 0 Å². The molecule has 1 unspecified atom stereocenters. The fraction of sp³-hybridized carbons (Fsp3) is 1.00. The second kappa shape index (κ2) is 4.24. The van der Waals surface area contributed by atoms with Crippen LogP contribution in [-0.2, 0) is 0 Å². The number of hydrogen-bond donors (Lipinski definition) is 0. The van der Waals surface area contributed by atoms with Gasteiger partial charge in [-0.2, -0.15) is 0 Å². The van der Waals surface area contributed by atoms with Gasteiger partial charge in [-0.05, 0) is 32.4 Å². The van der Waals surface area contributed by atoms with E-state index in [4.69, 9.17) is 0 Å². The van der Waals surface area contributed by atoms with Gasteiger partial charge in [0.1, 0.15) is 0 Å². The SMILES string of the molecule is IN1CCC(N2CCCCC2)C1. The summed E-state index contributed by atoms with van der Waals surface area (Å²) in [4.78, 5) is 2.70. The van der Waals surface area contributed by atoms with E-state index in [-0.39, 0.29) is 0 Å². The predicted octanol–water partition coefficient (Wildman–Crippen LogP) is 1.90. The Bertz CT molecular complexity index is 143. The van der Waals surface area contributed by atoms with E-state index in [1.54, 1.807) is 0 Å². The first-order valence-electron chi connectivity index (χ1n) is 5.01. The Hall–Kier alpha value is 0.650. The number of halogens is 1. The van der Waals surface area contributed by atoms with Crippen LogP contribution in [0.5, 0.6) is 0 Å². The Kier molecular flexibility index (Phi) is 3.26. The average molecular weight is 280 g/mol. The lowest BCUT2D eigenvalue weighted by atomic mass is 10.1. The molecule has 0 aliphatic carbocycles. The molecule has 0 amide bonds. The molecule has 0 N–H and O–H groups in total. The molecule has 2 aliphatic rings. The molecule has 0 saturated carbocycles. The summed E-state index contributed by atoms with van der Waals surface area (Å²) in [5.74, 6) is 0. The Labute approximate surface area is 88.8 Å². The molecule has 2 saturated heterocycles. The maximum atomic E-state index is 2.70. The lowest BCUT2D eigenvalue weighted by Crippen LogP contribution is -2.40. The van der Waals surface area contributed by atoms with Crippen LogP contribution in [-0.4, -0.2) is 40.2 Å². The third-order valence-corrected chi connectivity index (χ3v) is 3.90. The highest BCUT2D eigenvalue weighted by atomic mass is 127. The normalized spacial score (nSPS) is 34.2. The summed E-state index contributed by atoms with van der Waals surface area (Å²) in [6.07, 6.45) is 5.70. The zero-order chi connectivity index (χ0) is 8.39. The quantitative estimate of drug-likeness (QED) is 0.534. The van der Waals surface area contributed by atoms with Gasteiger partial charge in [0.15, 0.2) is 0 Å². The number of rotatable bonds is 1. The Balaban J connectivity index is 1.83. The average Bonchev–Trinajstić information content (AvgIpc) is 2.54. The zero-order valence-electron chi connectivity index (χ0n) is 7.51. The third-order valence-electron chi connectivity index (χ3n) is 3.02. The first-order valence-corrected chi connectivity index (χ1v) is 5.97. The highest BCUT2D eigenvalue weighted by Crippen LogP contribution is 2.21. The monoisotopic (exact) mass is 280 g/mol. The van der Waals surface area contributed by atoms with Crippen molar-refractivity contribution >= 4 is 22.9 Å². The van der Waals surface area contributed by atoms with Crippen LogP contribution in [0.15, 0.2) is 0 Å². The van der Waals surface area contributed by atoms with Gasteiger partial charge in [0, 0.05) is 42.0 Å². The molecule has 1 atom stereocenters. The molecule has 2 nitrogen and oxygen atoms in total. The van der Waals surface area contributed by atoms with Crippen molar-refractivity contribution in [2.24, 2.45) is 0 Å². The second-order valence-corrected chi connectivity index (χ2v) is 5.27. The summed E-state index contributed by atoms with van der Waals surface area (Å²) >= 11 is 2.45. The standard InChI is InChI=1S/C9H17IN2/c10-12-7-4-9(8-12)11-5-2-1-3-6-11/h9H,1-8H2. The molecule has 0 radical (unpaired) electrons. The molecule has 3 heteroatoms. The third kappa shape index (κ3) is 2.12. The minimum Gasteiger partial charge on any atom is -0.299 e. The second-order valence-electron chi connectivity index (χ2n) is 3.91. The van der Waals surface area contributed by atoms with E-state index in [2.05, 4.69) is 30.9 Å². The molecule has 0 aromatic heterocycles. The summed E-state index contributed by atoms with van der Waals surface area (Å²) in [7, 11) is 0. The van der Waals surface area contributed by atoms with Crippen molar-refractivity contribution in [1.29, 1.82) is 0 Å². The van der Waals surface area contributed by atoms with Crippen LogP contribution >= 0.6 is 22.9 Å². The number of hydrogen-bond acceptors (Lipinski definition) is 2. The van der Waals surface area contributed by atoms with E-state index in [0.29, 0.717) is 0 Å². The van der Waals surface area contributed by atoms with E-state index in [0.717, 1.165) is 6.04 Å². The lowest BCUT2D eigenvalue weighted by molar-refractivity contribution is 0.171. The van der Waals surface area contributed by atoms with Crippen LogP contribution in [0, 0.1) is 0 Å². The zero-order valence-corrected chi connectivity index (χ0v) is 9.66. The van der Waals surface area contributed by atoms with Crippen LogP contribution in [0.2, 0.25) is 0 Å². The molecule has 70 valence electrons. The molecular formula is C9H17IN2. The molecule has 0 spiro atoms. The van der Waals surface area contributed by atoms with Gasteiger partial charge in [0.05, 0.1) is 0 Å². The topological polar surface area (TPSA) is 6.48 Å². The summed E-state index contributed by atoms with van der Waals surface area (Å²) in [5, 5.41) is 0. The Morgan fingerprint density at radius 3 is 2.33 bits per heavy atom. The number of likely N-dealkylation sites (tertiary alicyclic amines) is 1. The van der Waals surface area contributed by atoms with Gasteiger partial charge in [-0.3, -0.25) is 4.90 Å². The smallest absolute Gasteiger partial charge is 0.0243 e. The molecule has 12 heavy (non-hydrogen) atoms. The van der Waals surface area contributed by atoms with Crippen molar-refractivity contribution < 1.29 is 0 Å². The van der Waals surface area contributed by atoms with E-state index in [9.17, 15) is 0 Å². The number of piperidine rings is 1. The number of nitrogens with zero attached hydrogens (tertiary/aromatic N) is 2. The molecule has 2 heterocycles. The summed E-state index contributed by atoms with van der Waals surface area (Å²) in [6.45, 7) is 5.30. The van der Waals surface area contributed by atoms with Crippen molar-refractivity contribution in [1.82, 2.24) is 8.01 Å². The lowest BCUT2D eigenvalue weighted by Gasteiger charge is -2.31. The van der Waals surface area contributed by atoms with Gasteiger partial charge in [0.2, 0.25) is 0 Å². The Morgan fingerprint density at radius 1 is 1.00 bits per heavy atom. The molecule has 2 rings (SSSR count). The van der Waals surface area contributed by atoms with Crippen molar-refractivity contribution in [3.05, 3.63) is 0 Å². The van der Waals surface area contributed by atoms with Crippen molar-refractivity contribution in [3.8, 4) is 0 Å². The Morgan fingerprint density at radius 2 is 1.75 bits per heavy atom. The van der Waals surface area contributed by atoms with Gasteiger partial charge in [0.25, 0.3) is 0 Å². The maximum absolute atomic E-state index is 2.70. The van der Waals surface area contributed by atoms with E-state index < -0.39 is 0 Å². The van der Waals surface area contributed by atoms with Crippen molar-refractivity contribution in [3.63, 3.8) is 0 Å². The van der Waals surface area contributed by atoms with Gasteiger partial charge in [-0.1, -0.05) is 6.42 Å². The minimum atomic E-state index is 0.877. The largest absolute Gasteiger partial charge is 0.299 e. The fourth-order valence-electron chi connectivity index (χ4n) is 2.28. The fourth-order valence-corrected chi connectivity index (χ4v) is 3.02. The van der Waals surface area contributed by atoms with E-state index in [1.165, 1.54) is 51.9 Å². The molecule has 2 fully saturated rings. The first-order chi connectivity index (χ1) is 5.86. The van der Waals surface area contributed by atoms with Crippen LogP contribution in [0.3, 0.4) is 0 Å². The summed E-state index contributed by atoms with van der Waals surface area (Å²) < 4.78 is 2.43. The molecule has 0 aromatic rings. The van der Waals surface area contributed by atoms with E-state index in [1.807, 2.05) is 0 Å². The van der Waals surface area contributed by atoms with Crippen LogP contribution in [0.25, 0.3) is 0 Å². The van der Waals surface area contributed by atoms with Crippen molar-refractivity contribution in [2.45, 2.75) is 31.7 Å². The molecule has 2 aliphatic heterocycles. The minimum absolute atomic E-state index is 0.877. The van der Waals surface area contributed by atoms with Crippen LogP contribution in [0.4, 0.5) is 0 Å². The highest BCUT2D eigenvalue weighted by Gasteiger charge is 2.26.